The Morgan fingerprint density at radius 1 is 1.08 bits per heavy atom. The number of hydrogen-bond acceptors (Lipinski definition) is 11. The molecule has 2 unspecified atom stereocenters. The fraction of sp³-hybridized carbons (Fsp3) is 0.400. The summed E-state index contributed by atoms with van der Waals surface area (Å²) in [7, 11) is 0.363. The molecule has 4 aromatic rings. The molecule has 1 aliphatic carbocycles. The fourth-order valence-corrected chi connectivity index (χ4v) is 6.15. The van der Waals surface area contributed by atoms with Crippen molar-refractivity contribution in [3.8, 4) is 28.0 Å². The van der Waals surface area contributed by atoms with Crippen molar-refractivity contribution in [1.29, 1.82) is 0 Å². The lowest BCUT2D eigenvalue weighted by molar-refractivity contribution is 0.0949. The second kappa shape index (κ2) is 10.9. The molecular formula is C25H29N7O5S2. The number of benzene rings is 1. The third-order valence-corrected chi connectivity index (χ3v) is 9.01. The Morgan fingerprint density at radius 3 is 2.33 bits per heavy atom. The molecule has 0 radical (unpaired) electrons. The lowest BCUT2D eigenvalue weighted by Gasteiger charge is -2.22. The molecular weight excluding hydrogens is 542 g/mol. The van der Waals surface area contributed by atoms with E-state index in [1.807, 2.05) is 12.3 Å². The van der Waals surface area contributed by atoms with Crippen LogP contribution < -0.4 is 14.2 Å². The SMILES string of the molecule is COc1cccc(OC)c1-n1c(NS(=O)(=O)C(C)C(OC)c2ncc(C)cn2)nnc1-c1nc(C2CC2)cs1. The molecule has 2 atom stereocenters. The van der Waals surface area contributed by atoms with Gasteiger partial charge in [-0.25, -0.2) is 23.4 Å². The quantitative estimate of drug-likeness (QED) is 0.281. The molecule has 0 amide bonds. The lowest BCUT2D eigenvalue weighted by atomic mass is 10.2. The van der Waals surface area contributed by atoms with Gasteiger partial charge in [-0.2, -0.15) is 0 Å². The van der Waals surface area contributed by atoms with Gasteiger partial charge < -0.3 is 14.2 Å². The summed E-state index contributed by atoms with van der Waals surface area (Å²) in [6.07, 6.45) is 4.50. The summed E-state index contributed by atoms with van der Waals surface area (Å²) >= 11 is 1.42. The smallest absolute Gasteiger partial charge is 0.243 e. The van der Waals surface area contributed by atoms with E-state index < -0.39 is 21.4 Å². The summed E-state index contributed by atoms with van der Waals surface area (Å²) in [6.45, 7) is 3.37. The van der Waals surface area contributed by atoms with E-state index in [2.05, 4.69) is 24.9 Å². The predicted octanol–water partition coefficient (Wildman–Crippen LogP) is 3.90. The van der Waals surface area contributed by atoms with Crippen LogP contribution in [0, 0.1) is 6.92 Å². The van der Waals surface area contributed by atoms with Crippen molar-refractivity contribution in [2.75, 3.05) is 26.1 Å². The number of aryl methyl sites for hydroxylation is 1. The summed E-state index contributed by atoms with van der Waals surface area (Å²) in [5.41, 5.74) is 2.27. The number of rotatable bonds is 11. The van der Waals surface area contributed by atoms with Crippen LogP contribution in [-0.4, -0.2) is 64.7 Å². The zero-order valence-corrected chi connectivity index (χ0v) is 23.8. The first-order valence-electron chi connectivity index (χ1n) is 12.2. The maximum absolute atomic E-state index is 13.7. The van der Waals surface area contributed by atoms with Gasteiger partial charge in [0.05, 0.1) is 19.9 Å². The highest BCUT2D eigenvalue weighted by atomic mass is 32.2. The van der Waals surface area contributed by atoms with E-state index in [1.165, 1.54) is 39.6 Å². The Balaban J connectivity index is 1.59. The minimum atomic E-state index is -4.10. The molecule has 206 valence electrons. The van der Waals surface area contributed by atoms with Crippen LogP contribution in [-0.2, 0) is 14.8 Å². The van der Waals surface area contributed by atoms with Crippen LogP contribution in [0.1, 0.15) is 48.9 Å². The standard InChI is InChI=1S/C25H29N7O5S2/c1-14-11-26-22(27-12-14)21(37-5)15(2)39(33,34)31-25-30-29-23(24-28-17(13-38-24)16-9-10-16)32(25)20-18(35-3)7-6-8-19(20)36-4/h6-8,11-13,15-16,21H,9-10H2,1-5H3,(H,30,31). The maximum Gasteiger partial charge on any atom is 0.243 e. The second-order valence-electron chi connectivity index (χ2n) is 9.17. The Labute approximate surface area is 230 Å². The molecule has 12 nitrogen and oxygen atoms in total. The van der Waals surface area contributed by atoms with Crippen molar-refractivity contribution in [3.05, 3.63) is 53.1 Å². The van der Waals surface area contributed by atoms with Crippen LogP contribution in [0.4, 0.5) is 5.95 Å². The lowest BCUT2D eigenvalue weighted by Crippen LogP contribution is -2.33. The highest BCUT2D eigenvalue weighted by Crippen LogP contribution is 2.43. The van der Waals surface area contributed by atoms with E-state index in [-0.39, 0.29) is 11.8 Å². The molecule has 0 bridgehead atoms. The molecule has 1 N–H and O–H groups in total. The van der Waals surface area contributed by atoms with Crippen molar-refractivity contribution in [1.82, 2.24) is 29.7 Å². The summed E-state index contributed by atoms with van der Waals surface area (Å²) in [5, 5.41) is 10.1. The Kier molecular flexibility index (Phi) is 7.51. The molecule has 3 aromatic heterocycles. The second-order valence-corrected chi connectivity index (χ2v) is 12.1. The van der Waals surface area contributed by atoms with Crippen LogP contribution in [0.25, 0.3) is 16.5 Å². The zero-order valence-electron chi connectivity index (χ0n) is 22.2. The van der Waals surface area contributed by atoms with Gasteiger partial charge in [0.15, 0.2) is 16.7 Å². The van der Waals surface area contributed by atoms with Crippen molar-refractivity contribution in [2.45, 2.75) is 44.0 Å². The van der Waals surface area contributed by atoms with Crippen molar-refractivity contribution < 1.29 is 22.6 Å². The molecule has 1 saturated carbocycles. The number of nitrogens with zero attached hydrogens (tertiary/aromatic N) is 6. The van der Waals surface area contributed by atoms with E-state index in [0.29, 0.717) is 33.9 Å². The number of anilines is 1. The number of para-hydroxylation sites is 1. The molecule has 1 aromatic carbocycles. The van der Waals surface area contributed by atoms with Crippen LogP contribution >= 0.6 is 11.3 Å². The summed E-state index contributed by atoms with van der Waals surface area (Å²) in [6, 6.07) is 5.27. The van der Waals surface area contributed by atoms with Gasteiger partial charge in [-0.1, -0.05) is 6.07 Å². The van der Waals surface area contributed by atoms with Crippen LogP contribution in [0.2, 0.25) is 0 Å². The van der Waals surface area contributed by atoms with Gasteiger partial charge in [0.2, 0.25) is 16.0 Å². The maximum atomic E-state index is 13.7. The minimum absolute atomic E-state index is 0.0532. The molecule has 1 fully saturated rings. The van der Waals surface area contributed by atoms with Gasteiger partial charge in [0, 0.05) is 30.8 Å². The monoisotopic (exact) mass is 571 g/mol. The highest BCUT2D eigenvalue weighted by molar-refractivity contribution is 7.93. The summed E-state index contributed by atoms with van der Waals surface area (Å²) in [5.74, 6) is 1.87. The third kappa shape index (κ3) is 5.31. The van der Waals surface area contributed by atoms with E-state index in [0.717, 1.165) is 24.1 Å². The first-order chi connectivity index (χ1) is 18.8. The van der Waals surface area contributed by atoms with E-state index >= 15 is 0 Å². The number of sulfonamides is 1. The van der Waals surface area contributed by atoms with Crippen molar-refractivity contribution in [3.63, 3.8) is 0 Å². The van der Waals surface area contributed by atoms with Gasteiger partial charge in [0.1, 0.15) is 28.5 Å². The summed E-state index contributed by atoms with van der Waals surface area (Å²) in [4.78, 5) is 13.3. The van der Waals surface area contributed by atoms with Crippen LogP contribution in [0.5, 0.6) is 11.5 Å². The number of aromatic nitrogens is 6. The van der Waals surface area contributed by atoms with Crippen molar-refractivity contribution in [2.24, 2.45) is 0 Å². The highest BCUT2D eigenvalue weighted by Gasteiger charge is 2.35. The number of nitrogens with one attached hydrogen (secondary N) is 1. The Bertz CT molecular complexity index is 1540. The first kappa shape index (κ1) is 27.0. The average molecular weight is 572 g/mol. The molecule has 0 saturated heterocycles. The number of methoxy groups -OCH3 is 3. The predicted molar refractivity (Wildman–Crippen MR) is 146 cm³/mol. The zero-order chi connectivity index (χ0) is 27.7. The molecule has 0 aliphatic heterocycles. The number of thiazole rings is 1. The minimum Gasteiger partial charge on any atom is -0.494 e. The van der Waals surface area contributed by atoms with Gasteiger partial charge in [-0.15, -0.1) is 21.5 Å². The number of ether oxygens (including phenoxy) is 3. The van der Waals surface area contributed by atoms with Crippen LogP contribution in [0.15, 0.2) is 36.0 Å². The topological polar surface area (TPSA) is 143 Å². The average Bonchev–Trinajstić information content (AvgIpc) is 3.53. The molecule has 39 heavy (non-hydrogen) atoms. The molecule has 3 heterocycles. The van der Waals surface area contributed by atoms with E-state index in [9.17, 15) is 8.42 Å². The molecule has 5 rings (SSSR count). The fourth-order valence-electron chi connectivity index (χ4n) is 4.15. The van der Waals surface area contributed by atoms with Gasteiger partial charge in [-0.05, 0) is 44.4 Å². The largest absolute Gasteiger partial charge is 0.494 e. The number of hydrogen-bond donors (Lipinski definition) is 1. The van der Waals surface area contributed by atoms with E-state index in [4.69, 9.17) is 19.2 Å². The molecule has 14 heteroatoms. The Morgan fingerprint density at radius 2 is 1.74 bits per heavy atom. The van der Waals surface area contributed by atoms with Gasteiger partial charge >= 0.3 is 0 Å². The van der Waals surface area contributed by atoms with E-state index in [1.54, 1.807) is 35.2 Å². The van der Waals surface area contributed by atoms with Crippen molar-refractivity contribution >= 4 is 27.3 Å². The third-order valence-electron chi connectivity index (χ3n) is 6.46. The Hall–Kier alpha value is -3.62. The first-order valence-corrected chi connectivity index (χ1v) is 14.7. The normalized spacial score (nSPS) is 15.1. The molecule has 1 aliphatic rings. The van der Waals surface area contributed by atoms with Gasteiger partial charge in [-0.3, -0.25) is 9.29 Å². The van der Waals surface area contributed by atoms with Gasteiger partial charge in [0.25, 0.3) is 0 Å². The molecule has 0 spiro atoms. The summed E-state index contributed by atoms with van der Waals surface area (Å²) < 4.78 is 48.3. The van der Waals surface area contributed by atoms with Crippen LogP contribution in [0.3, 0.4) is 0 Å².